The second-order valence-electron chi connectivity index (χ2n) is 8.06. The normalized spacial score (nSPS) is 30.0. The smallest absolute Gasteiger partial charge is 0.0611 e. The van der Waals surface area contributed by atoms with E-state index < -0.39 is 0 Å². The Morgan fingerprint density at radius 3 is 2.92 bits per heavy atom. The Morgan fingerprint density at radius 2 is 2.17 bits per heavy atom. The average Bonchev–Trinajstić information content (AvgIpc) is 3.01. The summed E-state index contributed by atoms with van der Waals surface area (Å²) in [6.07, 6.45) is 15.3. The van der Waals surface area contributed by atoms with Gasteiger partial charge < -0.3 is 10.8 Å². The van der Waals surface area contributed by atoms with Crippen LogP contribution in [0.1, 0.15) is 74.5 Å². The first kappa shape index (κ1) is 17.7. The molecule has 3 rings (SSSR count). The summed E-state index contributed by atoms with van der Waals surface area (Å²) in [5, 5.41) is 9.48. The second kappa shape index (κ2) is 7.84. The molecule has 0 radical (unpaired) electrons. The van der Waals surface area contributed by atoms with E-state index in [1.165, 1.54) is 49.7 Å². The number of hydrogen-bond donors (Lipinski definition) is 2. The zero-order valence-electron chi connectivity index (χ0n) is 15.1. The van der Waals surface area contributed by atoms with Gasteiger partial charge in [-0.05, 0) is 73.5 Å². The molecule has 1 saturated carbocycles. The predicted molar refractivity (Wildman–Crippen MR) is 101 cm³/mol. The van der Waals surface area contributed by atoms with Crippen molar-refractivity contribution in [1.29, 1.82) is 0 Å². The van der Waals surface area contributed by atoms with E-state index in [4.69, 9.17) is 5.73 Å². The van der Waals surface area contributed by atoms with Crippen molar-refractivity contribution in [3.05, 3.63) is 47.0 Å². The van der Waals surface area contributed by atoms with Crippen molar-refractivity contribution in [2.24, 2.45) is 11.7 Å². The molecule has 1 aromatic rings. The van der Waals surface area contributed by atoms with Crippen LogP contribution in [0.15, 0.2) is 30.4 Å². The maximum atomic E-state index is 9.48. The van der Waals surface area contributed by atoms with Crippen LogP contribution in [-0.2, 0) is 12.8 Å². The highest BCUT2D eigenvalue weighted by atomic mass is 16.3. The maximum absolute atomic E-state index is 9.48. The van der Waals surface area contributed by atoms with Crippen molar-refractivity contribution in [2.75, 3.05) is 6.61 Å². The molecule has 2 heteroatoms. The van der Waals surface area contributed by atoms with Gasteiger partial charge in [-0.1, -0.05) is 50.1 Å². The van der Waals surface area contributed by atoms with Crippen LogP contribution < -0.4 is 5.73 Å². The van der Waals surface area contributed by atoms with Gasteiger partial charge in [0.1, 0.15) is 0 Å². The van der Waals surface area contributed by atoms with Crippen LogP contribution in [0.4, 0.5) is 0 Å². The lowest BCUT2D eigenvalue weighted by atomic mass is 9.81. The number of benzene rings is 1. The molecular formula is C22H33NO. The van der Waals surface area contributed by atoms with Crippen LogP contribution >= 0.6 is 0 Å². The summed E-state index contributed by atoms with van der Waals surface area (Å²) in [5.74, 6) is 1.25. The minimum atomic E-state index is -0.352. The van der Waals surface area contributed by atoms with Gasteiger partial charge in [0, 0.05) is 5.54 Å². The Morgan fingerprint density at radius 1 is 1.29 bits per heavy atom. The zero-order chi connectivity index (χ0) is 17.0. The van der Waals surface area contributed by atoms with Gasteiger partial charge in [-0.15, -0.1) is 0 Å². The monoisotopic (exact) mass is 327 g/mol. The number of hydrogen-bond acceptors (Lipinski definition) is 2. The van der Waals surface area contributed by atoms with Crippen LogP contribution in [0.25, 0.3) is 0 Å². The van der Waals surface area contributed by atoms with Crippen molar-refractivity contribution in [1.82, 2.24) is 0 Å². The van der Waals surface area contributed by atoms with E-state index in [0.717, 1.165) is 25.2 Å². The summed E-state index contributed by atoms with van der Waals surface area (Å²) < 4.78 is 0. The Labute approximate surface area is 147 Å². The molecule has 2 aliphatic rings. The molecule has 2 aliphatic carbocycles. The van der Waals surface area contributed by atoms with E-state index >= 15 is 0 Å². The van der Waals surface area contributed by atoms with Crippen LogP contribution in [0.2, 0.25) is 0 Å². The van der Waals surface area contributed by atoms with Gasteiger partial charge in [0.25, 0.3) is 0 Å². The predicted octanol–water partition coefficient (Wildman–Crippen LogP) is 4.50. The molecule has 0 saturated heterocycles. The molecule has 0 heterocycles. The minimum Gasteiger partial charge on any atom is -0.394 e. The van der Waals surface area contributed by atoms with Crippen LogP contribution in [-0.4, -0.2) is 17.3 Å². The van der Waals surface area contributed by atoms with E-state index in [1.807, 2.05) is 0 Å². The molecule has 0 spiro atoms. The molecule has 3 atom stereocenters. The lowest BCUT2D eigenvalue weighted by Crippen LogP contribution is -2.40. The molecule has 2 nitrogen and oxygen atoms in total. The van der Waals surface area contributed by atoms with Gasteiger partial charge in [0.15, 0.2) is 0 Å². The SMILES string of the molecule is CCCC/C=C/[C@@H]1CCc2cc([C@@H]3CC[C@](N)(CO)C3)ccc2C1. The first-order chi connectivity index (χ1) is 11.6. The van der Waals surface area contributed by atoms with Gasteiger partial charge >= 0.3 is 0 Å². The number of rotatable bonds is 6. The summed E-state index contributed by atoms with van der Waals surface area (Å²) in [5.41, 5.74) is 10.4. The highest BCUT2D eigenvalue weighted by Crippen LogP contribution is 2.40. The fourth-order valence-corrected chi connectivity index (χ4v) is 4.42. The summed E-state index contributed by atoms with van der Waals surface area (Å²) in [6, 6.07) is 7.10. The molecule has 24 heavy (non-hydrogen) atoms. The first-order valence-electron chi connectivity index (χ1n) is 9.81. The molecule has 1 fully saturated rings. The number of aryl methyl sites for hydroxylation is 1. The van der Waals surface area contributed by atoms with Gasteiger partial charge in [0.2, 0.25) is 0 Å². The maximum Gasteiger partial charge on any atom is 0.0611 e. The van der Waals surface area contributed by atoms with E-state index in [-0.39, 0.29) is 12.1 Å². The van der Waals surface area contributed by atoms with E-state index in [2.05, 4.69) is 37.3 Å². The van der Waals surface area contributed by atoms with E-state index in [0.29, 0.717) is 5.92 Å². The first-order valence-corrected chi connectivity index (χ1v) is 9.81. The standard InChI is InChI=1S/C22H33NO/c1-2-3-4-5-6-17-7-8-19-14-20(10-9-18(19)13-17)21-11-12-22(23,15-21)16-24/h5-6,9-10,14,17,21,24H,2-4,7-8,11-13,15-16,23H2,1H3/b6-5+/t17-,21-,22-/m1/s1. The quantitative estimate of drug-likeness (QED) is 0.597. The number of aliphatic hydroxyl groups excluding tert-OH is 1. The second-order valence-corrected chi connectivity index (χ2v) is 8.06. The third-order valence-electron chi connectivity index (χ3n) is 6.06. The summed E-state index contributed by atoms with van der Waals surface area (Å²) in [6.45, 7) is 2.36. The van der Waals surface area contributed by atoms with Crippen molar-refractivity contribution in [2.45, 2.75) is 76.2 Å². The van der Waals surface area contributed by atoms with Crippen LogP contribution in [0.3, 0.4) is 0 Å². The number of unbranched alkanes of at least 4 members (excludes halogenated alkanes) is 2. The summed E-state index contributed by atoms with van der Waals surface area (Å²) >= 11 is 0. The van der Waals surface area contributed by atoms with E-state index in [1.54, 1.807) is 5.56 Å². The third kappa shape index (κ3) is 4.10. The Hall–Kier alpha value is -1.12. The molecule has 1 aromatic carbocycles. The molecule has 0 unspecified atom stereocenters. The van der Waals surface area contributed by atoms with Crippen molar-refractivity contribution >= 4 is 0 Å². The number of nitrogens with two attached hydrogens (primary N) is 1. The summed E-state index contributed by atoms with van der Waals surface area (Å²) in [7, 11) is 0. The molecule has 132 valence electrons. The van der Waals surface area contributed by atoms with Gasteiger partial charge in [0.05, 0.1) is 6.61 Å². The van der Waals surface area contributed by atoms with Crippen molar-refractivity contribution in [3.63, 3.8) is 0 Å². The Bertz CT molecular complexity index is 579. The minimum absolute atomic E-state index is 0.112. The summed E-state index contributed by atoms with van der Waals surface area (Å²) in [4.78, 5) is 0. The topological polar surface area (TPSA) is 46.2 Å². The molecule has 0 amide bonds. The molecule has 0 bridgehead atoms. The number of fused-ring (bicyclic) bond motifs is 1. The van der Waals surface area contributed by atoms with E-state index in [9.17, 15) is 5.11 Å². The van der Waals surface area contributed by atoms with Gasteiger partial charge in [-0.3, -0.25) is 0 Å². The van der Waals surface area contributed by atoms with Crippen LogP contribution in [0.5, 0.6) is 0 Å². The lowest BCUT2D eigenvalue weighted by molar-refractivity contribution is 0.198. The molecule has 0 aromatic heterocycles. The zero-order valence-corrected chi connectivity index (χ0v) is 15.1. The largest absolute Gasteiger partial charge is 0.394 e. The fraction of sp³-hybridized carbons (Fsp3) is 0.636. The highest BCUT2D eigenvalue weighted by Gasteiger charge is 2.36. The average molecular weight is 328 g/mol. The number of allylic oxidation sites excluding steroid dienone is 2. The van der Waals surface area contributed by atoms with Crippen molar-refractivity contribution in [3.8, 4) is 0 Å². The molecule has 3 N–H and O–H groups in total. The molecule has 0 aliphatic heterocycles. The van der Waals surface area contributed by atoms with Gasteiger partial charge in [-0.25, -0.2) is 0 Å². The number of aliphatic hydroxyl groups is 1. The highest BCUT2D eigenvalue weighted by molar-refractivity contribution is 5.37. The Balaban J connectivity index is 1.63. The van der Waals surface area contributed by atoms with Gasteiger partial charge in [-0.2, -0.15) is 0 Å². The van der Waals surface area contributed by atoms with Crippen LogP contribution in [0, 0.1) is 5.92 Å². The third-order valence-corrected chi connectivity index (χ3v) is 6.06. The fourth-order valence-electron chi connectivity index (χ4n) is 4.42. The Kier molecular flexibility index (Phi) is 5.78. The lowest BCUT2D eigenvalue weighted by Gasteiger charge is -2.25. The van der Waals surface area contributed by atoms with Crippen molar-refractivity contribution < 1.29 is 5.11 Å². The molecular weight excluding hydrogens is 294 g/mol.